The molecule has 0 saturated carbocycles. The highest BCUT2D eigenvalue weighted by molar-refractivity contribution is 9.10. The summed E-state index contributed by atoms with van der Waals surface area (Å²) in [5.41, 5.74) is 1.22. The maximum absolute atomic E-state index is 11.3. The lowest BCUT2D eigenvalue weighted by atomic mass is 9.60. The highest BCUT2D eigenvalue weighted by atomic mass is 79.9. The molecule has 0 saturated heterocycles. The normalized spacial score (nSPS) is 24.6. The standard InChI is InChI=1S/C21H28BrNO/c1-5-20(3,4)14-16(2)21(17-10-6-7-11-18(17)22)13-9-8-12-19(21)23-15-24/h6-13,15-16,19H,5,14H2,1-4H3,(H,23,24). The predicted molar refractivity (Wildman–Crippen MR) is 105 cm³/mol. The maximum Gasteiger partial charge on any atom is 0.207 e. The molecule has 1 aromatic rings. The van der Waals surface area contributed by atoms with E-state index in [1.807, 2.05) is 12.1 Å². The molecule has 1 N–H and O–H groups in total. The smallest absolute Gasteiger partial charge is 0.207 e. The number of hydrogen-bond donors (Lipinski definition) is 1. The van der Waals surface area contributed by atoms with E-state index in [9.17, 15) is 4.79 Å². The molecule has 1 amide bonds. The van der Waals surface area contributed by atoms with Crippen LogP contribution < -0.4 is 5.32 Å². The van der Waals surface area contributed by atoms with Crippen LogP contribution >= 0.6 is 15.9 Å². The van der Waals surface area contributed by atoms with Crippen molar-refractivity contribution in [1.82, 2.24) is 5.32 Å². The topological polar surface area (TPSA) is 29.1 Å². The minimum absolute atomic E-state index is 0.0543. The van der Waals surface area contributed by atoms with Gasteiger partial charge < -0.3 is 5.32 Å². The molecule has 0 aromatic heterocycles. The molecule has 24 heavy (non-hydrogen) atoms. The van der Waals surface area contributed by atoms with Gasteiger partial charge in [-0.3, -0.25) is 4.79 Å². The summed E-state index contributed by atoms with van der Waals surface area (Å²) in [7, 11) is 0. The Morgan fingerprint density at radius 1 is 1.33 bits per heavy atom. The summed E-state index contributed by atoms with van der Waals surface area (Å²) in [6.07, 6.45) is 11.5. The number of nitrogens with one attached hydrogen (secondary N) is 1. The third-order valence-corrected chi connectivity index (χ3v) is 6.21. The van der Waals surface area contributed by atoms with Crippen molar-refractivity contribution in [3.05, 3.63) is 58.6 Å². The molecule has 0 fully saturated rings. The van der Waals surface area contributed by atoms with Gasteiger partial charge in [0, 0.05) is 9.89 Å². The van der Waals surface area contributed by atoms with Crippen LogP contribution in [0.3, 0.4) is 0 Å². The molecule has 3 heteroatoms. The van der Waals surface area contributed by atoms with Gasteiger partial charge in [0.2, 0.25) is 6.41 Å². The van der Waals surface area contributed by atoms with Gasteiger partial charge in [-0.15, -0.1) is 0 Å². The summed E-state index contributed by atoms with van der Waals surface area (Å²) in [4.78, 5) is 11.3. The van der Waals surface area contributed by atoms with E-state index >= 15 is 0 Å². The lowest BCUT2D eigenvalue weighted by molar-refractivity contribution is -0.110. The first-order valence-corrected chi connectivity index (χ1v) is 9.47. The van der Waals surface area contributed by atoms with Crippen molar-refractivity contribution >= 4 is 22.3 Å². The van der Waals surface area contributed by atoms with Crippen LogP contribution in [0.1, 0.15) is 46.1 Å². The molecule has 2 nitrogen and oxygen atoms in total. The van der Waals surface area contributed by atoms with Gasteiger partial charge in [0.15, 0.2) is 0 Å². The fourth-order valence-electron chi connectivity index (χ4n) is 3.87. The Bertz CT molecular complexity index is 634. The Hall–Kier alpha value is -1.35. The first kappa shape index (κ1) is 19.0. The maximum atomic E-state index is 11.3. The van der Waals surface area contributed by atoms with Crippen molar-refractivity contribution in [2.75, 3.05) is 0 Å². The molecule has 0 heterocycles. The zero-order chi connectivity index (χ0) is 17.8. The summed E-state index contributed by atoms with van der Waals surface area (Å²) in [5.74, 6) is 0.366. The lowest BCUT2D eigenvalue weighted by Crippen LogP contribution is -2.51. The molecule has 130 valence electrons. The molecule has 2 rings (SSSR count). The van der Waals surface area contributed by atoms with Crippen molar-refractivity contribution < 1.29 is 4.79 Å². The number of amides is 1. The monoisotopic (exact) mass is 389 g/mol. The van der Waals surface area contributed by atoms with Crippen molar-refractivity contribution in [2.24, 2.45) is 11.3 Å². The Balaban J connectivity index is 2.57. The Kier molecular flexibility index (Phi) is 6.08. The van der Waals surface area contributed by atoms with E-state index < -0.39 is 0 Å². The number of hydrogen-bond acceptors (Lipinski definition) is 1. The molecule has 1 aliphatic carbocycles. The number of carbonyl (C=O) groups is 1. The first-order valence-electron chi connectivity index (χ1n) is 8.68. The molecule has 0 spiro atoms. The second kappa shape index (κ2) is 7.69. The van der Waals surface area contributed by atoms with Crippen LogP contribution in [0, 0.1) is 11.3 Å². The van der Waals surface area contributed by atoms with Crippen molar-refractivity contribution in [2.45, 2.75) is 52.0 Å². The second-order valence-corrected chi connectivity index (χ2v) is 8.40. The molecule has 0 bridgehead atoms. The van der Waals surface area contributed by atoms with Crippen LogP contribution in [0.25, 0.3) is 0 Å². The van der Waals surface area contributed by atoms with Gasteiger partial charge in [0.1, 0.15) is 0 Å². The third-order valence-electron chi connectivity index (χ3n) is 5.52. The average molecular weight is 390 g/mol. The van der Waals surface area contributed by atoms with Gasteiger partial charge in [-0.25, -0.2) is 0 Å². The Morgan fingerprint density at radius 3 is 2.67 bits per heavy atom. The van der Waals surface area contributed by atoms with Gasteiger partial charge in [-0.05, 0) is 29.4 Å². The fraction of sp³-hybridized carbons (Fsp3) is 0.476. The third kappa shape index (κ3) is 3.66. The summed E-state index contributed by atoms with van der Waals surface area (Å²) in [6, 6.07) is 8.30. The molecule has 1 aliphatic rings. The Morgan fingerprint density at radius 2 is 2.04 bits per heavy atom. The summed E-state index contributed by atoms with van der Waals surface area (Å²) in [6.45, 7) is 9.19. The van der Waals surface area contributed by atoms with Crippen molar-refractivity contribution in [3.8, 4) is 0 Å². The largest absolute Gasteiger partial charge is 0.351 e. The molecule has 3 unspecified atom stereocenters. The fourth-order valence-corrected chi connectivity index (χ4v) is 4.50. The number of benzene rings is 1. The SMILES string of the molecule is CCC(C)(C)CC(C)C1(c2ccccc2Br)C=CC=CC1NC=O. The van der Waals surface area contributed by atoms with Crippen LogP contribution in [0.4, 0.5) is 0 Å². The molecule has 0 aliphatic heterocycles. The van der Waals surface area contributed by atoms with E-state index in [1.165, 1.54) is 5.56 Å². The highest BCUT2D eigenvalue weighted by Crippen LogP contribution is 2.47. The molecular weight excluding hydrogens is 362 g/mol. The van der Waals surface area contributed by atoms with Crippen LogP contribution in [0.15, 0.2) is 53.0 Å². The summed E-state index contributed by atoms with van der Waals surface area (Å²) < 4.78 is 1.09. The molecular formula is C21H28BrNO. The number of allylic oxidation sites excluding steroid dienone is 2. The van der Waals surface area contributed by atoms with Gasteiger partial charge in [0.25, 0.3) is 0 Å². The van der Waals surface area contributed by atoms with E-state index in [1.54, 1.807) is 0 Å². The minimum atomic E-state index is -0.262. The van der Waals surface area contributed by atoms with Gasteiger partial charge >= 0.3 is 0 Å². The second-order valence-electron chi connectivity index (χ2n) is 7.54. The van der Waals surface area contributed by atoms with Crippen molar-refractivity contribution in [3.63, 3.8) is 0 Å². The van der Waals surface area contributed by atoms with E-state index in [4.69, 9.17) is 0 Å². The zero-order valence-electron chi connectivity index (χ0n) is 15.1. The first-order chi connectivity index (χ1) is 11.4. The van der Waals surface area contributed by atoms with Gasteiger partial charge in [-0.2, -0.15) is 0 Å². The summed E-state index contributed by atoms with van der Waals surface area (Å²) in [5, 5.41) is 3.05. The van der Waals surface area contributed by atoms with E-state index in [-0.39, 0.29) is 16.9 Å². The number of rotatable bonds is 7. The highest BCUT2D eigenvalue weighted by Gasteiger charge is 2.45. The van der Waals surface area contributed by atoms with Crippen LogP contribution in [0.5, 0.6) is 0 Å². The van der Waals surface area contributed by atoms with E-state index in [0.29, 0.717) is 5.92 Å². The zero-order valence-corrected chi connectivity index (χ0v) is 16.6. The van der Waals surface area contributed by atoms with E-state index in [2.05, 4.69) is 85.4 Å². The quantitative estimate of drug-likeness (QED) is 0.622. The predicted octanol–water partition coefficient (Wildman–Crippen LogP) is 5.39. The lowest BCUT2D eigenvalue weighted by Gasteiger charge is -2.46. The van der Waals surface area contributed by atoms with E-state index in [0.717, 1.165) is 23.7 Å². The van der Waals surface area contributed by atoms with Crippen LogP contribution in [-0.2, 0) is 10.2 Å². The van der Waals surface area contributed by atoms with Crippen LogP contribution in [-0.4, -0.2) is 12.5 Å². The van der Waals surface area contributed by atoms with Crippen molar-refractivity contribution in [1.29, 1.82) is 0 Å². The molecule has 0 radical (unpaired) electrons. The van der Waals surface area contributed by atoms with Crippen LogP contribution in [0.2, 0.25) is 0 Å². The minimum Gasteiger partial charge on any atom is -0.351 e. The number of carbonyl (C=O) groups excluding carboxylic acids is 1. The van der Waals surface area contributed by atoms with Gasteiger partial charge in [-0.1, -0.05) is 92.5 Å². The Labute approximate surface area is 154 Å². The summed E-state index contributed by atoms with van der Waals surface area (Å²) >= 11 is 3.74. The van der Waals surface area contributed by atoms with Gasteiger partial charge in [0.05, 0.1) is 6.04 Å². The average Bonchev–Trinajstić information content (AvgIpc) is 2.56. The number of halogens is 1. The molecule has 1 aromatic carbocycles. The molecule has 3 atom stereocenters.